The van der Waals surface area contributed by atoms with Crippen LogP contribution >= 0.6 is 23.1 Å². The molecule has 3 atom stereocenters. The minimum Gasteiger partial charge on any atom is -0.448 e. The molecule has 0 aliphatic carbocycles. The van der Waals surface area contributed by atoms with Gasteiger partial charge >= 0.3 is 17.1 Å². The first-order valence-corrected chi connectivity index (χ1v) is 26.4. The monoisotopic (exact) mass is 1060 g/mol. The third-order valence-corrected chi connectivity index (χ3v) is 15.5. The highest BCUT2D eigenvalue weighted by molar-refractivity contribution is 8.02. The van der Waals surface area contributed by atoms with Crippen molar-refractivity contribution in [3.63, 3.8) is 0 Å². The van der Waals surface area contributed by atoms with Crippen molar-refractivity contribution in [3.8, 4) is 0 Å². The number of H-pyrrole nitrogens is 1. The van der Waals surface area contributed by atoms with Crippen LogP contribution in [-0.4, -0.2) is 97.1 Å². The van der Waals surface area contributed by atoms with E-state index in [0.29, 0.717) is 16.3 Å². The summed E-state index contributed by atoms with van der Waals surface area (Å²) >= 11 is 2.13. The van der Waals surface area contributed by atoms with Gasteiger partial charge in [-0.2, -0.15) is 0 Å². The molecule has 2 aromatic heterocycles. The number of aromatic nitrogens is 4. The predicted molar refractivity (Wildman–Crippen MR) is 284 cm³/mol. The van der Waals surface area contributed by atoms with E-state index in [2.05, 4.69) is 26.0 Å². The summed E-state index contributed by atoms with van der Waals surface area (Å²) < 4.78 is 32.2. The summed E-state index contributed by atoms with van der Waals surface area (Å²) in [6.45, 7) is -0.185. The van der Waals surface area contributed by atoms with Crippen molar-refractivity contribution in [1.29, 1.82) is 0 Å². The minimum absolute atomic E-state index is 0.0324. The van der Waals surface area contributed by atoms with Crippen LogP contribution in [0.5, 0.6) is 0 Å². The van der Waals surface area contributed by atoms with Gasteiger partial charge in [0.2, 0.25) is 0 Å². The summed E-state index contributed by atoms with van der Waals surface area (Å²) in [5.74, 6) is -2.78. The van der Waals surface area contributed by atoms with Gasteiger partial charge in [-0.25, -0.2) is 14.9 Å². The van der Waals surface area contributed by atoms with Crippen molar-refractivity contribution >= 4 is 62.5 Å². The molecule has 2 aliphatic rings. The van der Waals surface area contributed by atoms with Gasteiger partial charge in [0.1, 0.15) is 35.5 Å². The van der Waals surface area contributed by atoms with Crippen LogP contribution in [0.4, 0.5) is 5.13 Å². The van der Waals surface area contributed by atoms with Gasteiger partial charge in [0.15, 0.2) is 28.4 Å². The molecule has 2 amide bonds. The fourth-order valence-electron chi connectivity index (χ4n) is 8.79. The largest absolute Gasteiger partial charge is 0.448 e. The molecular weight excluding hydrogens is 1020 g/mol. The Bertz CT molecular complexity index is 3270. The quantitative estimate of drug-likeness (QED) is 0.0115. The molecule has 75 heavy (non-hydrogen) atoms. The lowest BCUT2D eigenvalue weighted by Crippen LogP contribution is -2.74. The molecule has 3 unspecified atom stereocenters. The lowest BCUT2D eigenvalue weighted by atomic mass is 9.77. The normalized spacial score (nSPS) is 16.7. The highest BCUT2D eigenvalue weighted by atomic mass is 32.2. The first-order chi connectivity index (χ1) is 36.6. The molecular formula is C54H48N8O10S3. The molecule has 21 heteroatoms. The van der Waals surface area contributed by atoms with Gasteiger partial charge in [0, 0.05) is 19.6 Å². The molecule has 7 aromatic rings. The van der Waals surface area contributed by atoms with Crippen LogP contribution in [0.3, 0.4) is 0 Å². The average Bonchev–Trinajstić information content (AvgIpc) is 3.94. The summed E-state index contributed by atoms with van der Waals surface area (Å²) in [7, 11) is 2.10. The molecule has 0 spiro atoms. The summed E-state index contributed by atoms with van der Waals surface area (Å²) in [6.07, 6.45) is -0.371. The number of aromatic amines is 1. The maximum atomic E-state index is 14.8. The number of hydrogen-bond donors (Lipinski definition) is 3. The van der Waals surface area contributed by atoms with Gasteiger partial charge in [-0.3, -0.25) is 32.9 Å². The highest BCUT2D eigenvalue weighted by Crippen LogP contribution is 2.42. The van der Waals surface area contributed by atoms with Crippen LogP contribution in [0.1, 0.15) is 39.6 Å². The van der Waals surface area contributed by atoms with E-state index in [0.717, 1.165) is 37.9 Å². The number of carbonyl (C=O) groups is 3. The van der Waals surface area contributed by atoms with E-state index in [9.17, 15) is 28.2 Å². The number of fused-ring (bicyclic) bond motifs is 1. The van der Waals surface area contributed by atoms with Crippen LogP contribution in [-0.2, 0) is 56.3 Å². The molecule has 2 aliphatic heterocycles. The number of oxime groups is 1. The summed E-state index contributed by atoms with van der Waals surface area (Å²) in [4.78, 5) is 80.0. The van der Waals surface area contributed by atoms with E-state index in [4.69, 9.17) is 24.0 Å². The Morgan fingerprint density at radius 3 is 1.92 bits per heavy atom. The van der Waals surface area contributed by atoms with Crippen molar-refractivity contribution < 1.29 is 37.6 Å². The van der Waals surface area contributed by atoms with Crippen molar-refractivity contribution in [2.75, 3.05) is 32.4 Å². The summed E-state index contributed by atoms with van der Waals surface area (Å²) in [6, 6.07) is 46.4. The third kappa shape index (κ3) is 10.8. The number of hydrogen-bond acceptors (Lipinski definition) is 16. The minimum atomic E-state index is -1.92. The predicted octanol–water partition coefficient (Wildman–Crippen LogP) is 6.07. The highest BCUT2D eigenvalue weighted by Gasteiger charge is 2.57. The molecule has 9 rings (SSSR count). The van der Waals surface area contributed by atoms with Crippen molar-refractivity contribution in [3.05, 3.63) is 234 Å². The van der Waals surface area contributed by atoms with Crippen molar-refractivity contribution in [1.82, 2.24) is 30.0 Å². The van der Waals surface area contributed by atoms with Crippen LogP contribution in [0.25, 0.3) is 0 Å². The van der Waals surface area contributed by atoms with Gasteiger partial charge < -0.3 is 29.7 Å². The Labute approximate surface area is 440 Å². The summed E-state index contributed by atoms with van der Waals surface area (Å²) in [5, 5.41) is 19.0. The van der Waals surface area contributed by atoms with Crippen LogP contribution in [0.2, 0.25) is 0 Å². The molecule has 0 saturated carbocycles. The molecule has 1 fully saturated rings. The molecule has 18 nitrogen and oxygen atoms in total. The molecule has 0 radical (unpaired) electrons. The average molecular weight is 1070 g/mol. The topological polar surface area (TPSA) is 225 Å². The fraction of sp³-hybridized carbons (Fsp3) is 0.185. The van der Waals surface area contributed by atoms with Gasteiger partial charge in [-0.15, -0.1) is 16.4 Å². The molecule has 4 heterocycles. The van der Waals surface area contributed by atoms with Crippen LogP contribution in [0.15, 0.2) is 200 Å². The molecule has 0 bridgehead atoms. The molecule has 3 N–H and O–H groups in total. The Balaban J connectivity index is 1.02. The Morgan fingerprint density at radius 1 is 0.840 bits per heavy atom. The molecule has 1 saturated heterocycles. The van der Waals surface area contributed by atoms with Gasteiger partial charge in [0.05, 0.1) is 23.1 Å². The maximum absolute atomic E-state index is 14.8. The molecule has 382 valence electrons. The van der Waals surface area contributed by atoms with E-state index in [1.54, 1.807) is 53.9 Å². The number of rotatable bonds is 20. The number of nitrogens with zero attached hydrogens (tertiary/aromatic N) is 5. The van der Waals surface area contributed by atoms with Gasteiger partial charge in [-0.1, -0.05) is 169 Å². The lowest BCUT2D eigenvalue weighted by Gasteiger charge is -2.49. The number of esters is 1. The van der Waals surface area contributed by atoms with E-state index in [1.165, 1.54) is 44.2 Å². The number of carbonyl (C=O) groups excluding carboxylic acids is 3. The second-order valence-corrected chi connectivity index (χ2v) is 20.0. The third-order valence-electron chi connectivity index (χ3n) is 12.3. The number of thioether (sulfide) groups is 1. The Morgan fingerprint density at radius 2 is 1.39 bits per heavy atom. The van der Waals surface area contributed by atoms with Gasteiger partial charge in [-0.05, 0) is 44.9 Å². The van der Waals surface area contributed by atoms with Crippen LogP contribution in [0, 0.1) is 0 Å². The number of thiazole rings is 1. The van der Waals surface area contributed by atoms with Gasteiger partial charge in [0.25, 0.3) is 11.8 Å². The number of nitrogens with one attached hydrogen (secondary N) is 3. The molecule has 5 aromatic carbocycles. The second-order valence-electron chi connectivity index (χ2n) is 16.8. The smallest absolute Gasteiger partial charge is 0.356 e. The van der Waals surface area contributed by atoms with Crippen molar-refractivity contribution in [2.45, 2.75) is 41.0 Å². The fourth-order valence-corrected chi connectivity index (χ4v) is 11.9. The number of allylic oxidation sites excluding steroid dienone is 1. The maximum Gasteiger partial charge on any atom is 0.356 e. The van der Waals surface area contributed by atoms with Crippen molar-refractivity contribution in [2.24, 2.45) is 5.16 Å². The zero-order valence-electron chi connectivity index (χ0n) is 40.4. The SMILES string of the molecule is CO/N=C(/C(=O)NC1C(=O)N2C(C(=O)OC(c3ccccc3)c3ccccc3)=C(/C=C/Sc3n[nH]c(=O)c(=O)n3CC(OC)OC)CS(=O)C12)c1csc(NC(c2ccccc2)(c2ccccc2)c2ccccc2)n1. The van der Waals surface area contributed by atoms with Crippen LogP contribution < -0.4 is 21.8 Å². The van der Waals surface area contributed by atoms with E-state index < -0.39 is 69.1 Å². The van der Waals surface area contributed by atoms with E-state index in [-0.39, 0.29) is 40.1 Å². The van der Waals surface area contributed by atoms with E-state index >= 15 is 0 Å². The lowest BCUT2D eigenvalue weighted by molar-refractivity contribution is -0.154. The number of anilines is 1. The standard InChI is InChI=1S/C54H48N8O10S3/c1-69-41(70-2)31-61-49(66)47(64)58-59-53(61)73-30-29-36-33-75(68)50-43(48(65)62(50)44(36)51(67)72-45(34-19-9-4-10-20-34)35-21-11-5-12-22-35)56-46(63)42(60-71-3)40-32-74-52(55-40)57-54(37-23-13-6-14-24-37,38-25-15-7-16-26-38)39-27-17-8-18-28-39/h4-30,32,41,43,45,50H,31,33H2,1-3H3,(H,55,57)(H,56,63)(H,58,64)/b30-29+,60-42+. The zero-order valence-corrected chi connectivity index (χ0v) is 42.9. The number of β-lactam (4-membered cyclic amide) rings is 1. The number of ether oxygens (including phenoxy) is 3. The second kappa shape index (κ2) is 23.4. The Hall–Kier alpha value is -8.08. The van der Waals surface area contributed by atoms with E-state index in [1.807, 2.05) is 103 Å². The first kappa shape index (κ1) is 51.8. The first-order valence-electron chi connectivity index (χ1n) is 23.2. The summed E-state index contributed by atoms with van der Waals surface area (Å²) in [5.41, 5.74) is 1.04. The Kier molecular flexibility index (Phi) is 16.2. The number of benzene rings is 5. The number of amides is 2. The number of methoxy groups -OCH3 is 2. The zero-order chi connectivity index (χ0) is 52.5.